The van der Waals surface area contributed by atoms with Crippen molar-refractivity contribution in [2.45, 2.75) is 26.7 Å². The number of hydrogen-bond acceptors (Lipinski definition) is 0. The number of allylic oxidation sites excluding steroid dienone is 10. The maximum Gasteiger partial charge on any atom is -0.00262 e. The van der Waals surface area contributed by atoms with Crippen molar-refractivity contribution in [2.75, 3.05) is 0 Å². The minimum Gasteiger partial charge on any atom is -0.0988 e. The molecule has 0 aromatic heterocycles. The predicted octanol–water partition coefficient (Wildman–Crippen LogP) is 12.2. The van der Waals surface area contributed by atoms with Gasteiger partial charge in [-0.2, -0.15) is 0 Å². The Morgan fingerprint density at radius 1 is 0.667 bits per heavy atom. The van der Waals surface area contributed by atoms with E-state index >= 15 is 0 Å². The molecule has 42 heavy (non-hydrogen) atoms. The molecule has 0 aliphatic heterocycles. The Hall–Kier alpha value is -4.94. The second-order valence-corrected chi connectivity index (χ2v) is 10.8. The monoisotopic (exact) mass is 540 g/mol. The van der Waals surface area contributed by atoms with Crippen LogP contribution < -0.4 is 0 Å². The zero-order chi connectivity index (χ0) is 29.1. The zero-order valence-corrected chi connectivity index (χ0v) is 24.5. The van der Waals surface area contributed by atoms with Crippen molar-refractivity contribution in [3.05, 3.63) is 169 Å². The summed E-state index contributed by atoms with van der Waals surface area (Å²) in [5.41, 5.74) is 12.3. The highest BCUT2D eigenvalue weighted by Crippen LogP contribution is 2.45. The first-order valence-corrected chi connectivity index (χ1v) is 14.8. The lowest BCUT2D eigenvalue weighted by Gasteiger charge is -2.21. The maximum absolute atomic E-state index is 4.30. The van der Waals surface area contributed by atoms with Crippen molar-refractivity contribution in [3.8, 4) is 22.3 Å². The Labute approximate surface area is 250 Å². The fraction of sp³-hybridized carbons (Fsp3) is 0.0952. The van der Waals surface area contributed by atoms with Crippen molar-refractivity contribution in [2.24, 2.45) is 0 Å². The van der Waals surface area contributed by atoms with Crippen molar-refractivity contribution >= 4 is 32.7 Å². The highest BCUT2D eigenvalue weighted by molar-refractivity contribution is 6.21. The molecule has 5 aromatic carbocycles. The summed E-state index contributed by atoms with van der Waals surface area (Å²) in [6.45, 7) is 12.5. The molecule has 0 N–H and O–H groups in total. The molecule has 0 nitrogen and oxygen atoms in total. The predicted molar refractivity (Wildman–Crippen MR) is 185 cm³/mol. The van der Waals surface area contributed by atoms with E-state index in [1.54, 1.807) is 0 Å². The third kappa shape index (κ3) is 4.91. The number of hydrogen-bond donors (Lipinski definition) is 0. The van der Waals surface area contributed by atoms with Crippen LogP contribution in [-0.4, -0.2) is 0 Å². The topological polar surface area (TPSA) is 0 Å². The molecule has 1 aliphatic rings. The lowest BCUT2D eigenvalue weighted by molar-refractivity contribution is 0.984. The van der Waals surface area contributed by atoms with Crippen LogP contribution in [-0.2, 0) is 0 Å². The first kappa shape index (κ1) is 27.2. The summed E-state index contributed by atoms with van der Waals surface area (Å²) in [5.74, 6) is 0. The van der Waals surface area contributed by atoms with E-state index in [1.165, 1.54) is 66.1 Å². The molecule has 6 rings (SSSR count). The van der Waals surface area contributed by atoms with Gasteiger partial charge in [0, 0.05) is 0 Å². The van der Waals surface area contributed by atoms with Gasteiger partial charge in [0.25, 0.3) is 0 Å². The number of rotatable bonds is 7. The number of fused-ring (bicyclic) bond motifs is 2. The molecule has 1 aliphatic carbocycles. The van der Waals surface area contributed by atoms with Crippen LogP contribution in [0.4, 0.5) is 0 Å². The van der Waals surface area contributed by atoms with E-state index in [-0.39, 0.29) is 0 Å². The minimum absolute atomic E-state index is 1.02. The van der Waals surface area contributed by atoms with E-state index < -0.39 is 0 Å². The summed E-state index contributed by atoms with van der Waals surface area (Å²) in [5, 5.41) is 5.03. The Kier molecular flexibility index (Phi) is 7.71. The lowest BCUT2D eigenvalue weighted by Crippen LogP contribution is -1.99. The summed E-state index contributed by atoms with van der Waals surface area (Å²) in [6.07, 6.45) is 14.9. The molecule has 0 radical (unpaired) electrons. The van der Waals surface area contributed by atoms with Crippen LogP contribution >= 0.6 is 0 Å². The molecule has 0 saturated carbocycles. The summed E-state index contributed by atoms with van der Waals surface area (Å²) >= 11 is 0. The van der Waals surface area contributed by atoms with Gasteiger partial charge >= 0.3 is 0 Å². The van der Waals surface area contributed by atoms with Crippen LogP contribution in [0.5, 0.6) is 0 Å². The van der Waals surface area contributed by atoms with E-state index in [0.717, 1.165) is 24.0 Å². The highest BCUT2D eigenvalue weighted by atomic mass is 14.2. The zero-order valence-electron chi connectivity index (χ0n) is 24.5. The van der Waals surface area contributed by atoms with Crippen LogP contribution in [0.3, 0.4) is 0 Å². The van der Waals surface area contributed by atoms with Crippen LogP contribution in [0.2, 0.25) is 0 Å². The van der Waals surface area contributed by atoms with Gasteiger partial charge in [-0.3, -0.25) is 0 Å². The second kappa shape index (κ2) is 11.9. The third-order valence-corrected chi connectivity index (χ3v) is 8.26. The van der Waals surface area contributed by atoms with E-state index in [2.05, 4.69) is 141 Å². The Morgan fingerprint density at radius 3 is 1.81 bits per heavy atom. The van der Waals surface area contributed by atoms with Crippen molar-refractivity contribution in [1.29, 1.82) is 0 Å². The van der Waals surface area contributed by atoms with E-state index in [4.69, 9.17) is 0 Å². The molecule has 0 fully saturated rings. The van der Waals surface area contributed by atoms with Gasteiger partial charge in [0.2, 0.25) is 0 Å². The van der Waals surface area contributed by atoms with Gasteiger partial charge in [-0.15, -0.1) is 0 Å². The Bertz CT molecular complexity index is 1910. The largest absolute Gasteiger partial charge is 0.0988 e. The van der Waals surface area contributed by atoms with Gasteiger partial charge in [-0.1, -0.05) is 135 Å². The fourth-order valence-electron chi connectivity index (χ4n) is 6.40. The van der Waals surface area contributed by atoms with E-state index in [0.29, 0.717) is 0 Å². The lowest BCUT2D eigenvalue weighted by atomic mass is 9.83. The van der Waals surface area contributed by atoms with E-state index in [9.17, 15) is 0 Å². The third-order valence-electron chi connectivity index (χ3n) is 8.26. The highest BCUT2D eigenvalue weighted by Gasteiger charge is 2.19. The molecule has 0 bridgehead atoms. The average molecular weight is 541 g/mol. The smallest absolute Gasteiger partial charge is 0.00262 e. The summed E-state index contributed by atoms with van der Waals surface area (Å²) in [7, 11) is 0. The van der Waals surface area contributed by atoms with Gasteiger partial charge in [0.1, 0.15) is 0 Å². The maximum atomic E-state index is 4.30. The van der Waals surface area contributed by atoms with Gasteiger partial charge < -0.3 is 0 Å². The van der Waals surface area contributed by atoms with Gasteiger partial charge in [0.05, 0.1) is 0 Å². The van der Waals surface area contributed by atoms with Gasteiger partial charge in [-0.25, -0.2) is 0 Å². The Balaban J connectivity index is 1.61. The van der Waals surface area contributed by atoms with Crippen LogP contribution in [0.25, 0.3) is 54.9 Å². The van der Waals surface area contributed by atoms with Crippen molar-refractivity contribution < 1.29 is 0 Å². The molecule has 0 unspecified atom stereocenters. The SMILES string of the molecule is C=CC1=C(/C=C\C)C(c2cccc(-c3c4ccccc4c(-c4cccc(C(=C)/C=C\C)c4)c4ccccc34)c2)=CCC1. The molecule has 0 heterocycles. The molecule has 0 heteroatoms. The standard InChI is InChI=1S/C42H36/c1-5-15-29(4)31-18-12-20-33(27-31)41-37-22-8-10-24-39(37)42(40-25-11-9-23-38(40)41)34-21-13-19-32(28-34)36-26-14-17-30(7-3)35(36)16-6-2/h5-13,15-16,18-28H,3-4,14,17H2,1-2H3/b15-5-,16-6-. The first-order valence-electron chi connectivity index (χ1n) is 14.8. The molecule has 5 aromatic rings. The molecular formula is C42H36. The molecular weight excluding hydrogens is 504 g/mol. The van der Waals surface area contributed by atoms with Crippen LogP contribution in [0.1, 0.15) is 37.8 Å². The average Bonchev–Trinajstić information content (AvgIpc) is 3.04. The van der Waals surface area contributed by atoms with Crippen molar-refractivity contribution in [3.63, 3.8) is 0 Å². The fourth-order valence-corrected chi connectivity index (χ4v) is 6.40. The number of benzene rings is 5. The molecule has 0 saturated heterocycles. The van der Waals surface area contributed by atoms with Crippen molar-refractivity contribution in [1.82, 2.24) is 0 Å². The Morgan fingerprint density at radius 2 is 1.24 bits per heavy atom. The first-order chi connectivity index (χ1) is 20.6. The quantitative estimate of drug-likeness (QED) is 0.142. The normalized spacial score (nSPS) is 13.8. The van der Waals surface area contributed by atoms with E-state index in [1.807, 2.05) is 19.1 Å². The van der Waals surface area contributed by atoms with Gasteiger partial charge in [-0.05, 0) is 116 Å². The molecule has 0 atom stereocenters. The van der Waals surface area contributed by atoms with Crippen LogP contribution in [0.15, 0.2) is 158 Å². The molecule has 0 spiro atoms. The minimum atomic E-state index is 1.02. The van der Waals surface area contributed by atoms with Crippen LogP contribution in [0, 0.1) is 0 Å². The molecule has 0 amide bonds. The molecule has 204 valence electrons. The summed E-state index contributed by atoms with van der Waals surface area (Å²) in [4.78, 5) is 0. The van der Waals surface area contributed by atoms with Gasteiger partial charge in [0.15, 0.2) is 0 Å². The summed E-state index contributed by atoms with van der Waals surface area (Å²) in [6, 6.07) is 35.6. The second-order valence-electron chi connectivity index (χ2n) is 10.8. The summed E-state index contributed by atoms with van der Waals surface area (Å²) < 4.78 is 0.